The van der Waals surface area contributed by atoms with E-state index in [4.69, 9.17) is 4.74 Å². The van der Waals surface area contributed by atoms with E-state index in [-0.39, 0.29) is 6.04 Å². The number of likely N-dealkylation sites (tertiary alicyclic amines) is 1. The number of rotatable bonds is 5. The molecule has 1 heterocycles. The molecule has 0 amide bonds. The van der Waals surface area contributed by atoms with Gasteiger partial charge in [-0.25, -0.2) is 0 Å². The molecule has 1 aliphatic heterocycles. The molecule has 3 atom stereocenters. The normalized spacial score (nSPS) is 25.1. The Morgan fingerprint density at radius 1 is 1.11 bits per heavy atom. The van der Waals surface area contributed by atoms with Crippen LogP contribution in [0.1, 0.15) is 37.7 Å². The molecule has 4 nitrogen and oxygen atoms in total. The second-order valence-corrected chi connectivity index (χ2v) is 7.77. The quantitative estimate of drug-likeness (QED) is 0.843. The van der Waals surface area contributed by atoms with Crippen LogP contribution in [0.2, 0.25) is 0 Å². The Kier molecular flexibility index (Phi) is 5.17. The molecule has 1 saturated heterocycles. The smallest absolute Gasteiger partial charge is 0.320 e. The summed E-state index contributed by atoms with van der Waals surface area (Å²) in [4.78, 5) is 14.0. The summed E-state index contributed by atoms with van der Waals surface area (Å²) in [6, 6.07) is 16.5. The van der Waals surface area contributed by atoms with Gasteiger partial charge in [0.25, 0.3) is 0 Å². The second-order valence-electron chi connectivity index (χ2n) is 7.77. The number of carbonyl (C=O) groups is 1. The number of fused-ring (bicyclic) bond motifs is 1. The summed E-state index contributed by atoms with van der Waals surface area (Å²) in [5.41, 5.74) is 3.36. The second kappa shape index (κ2) is 7.73. The maximum Gasteiger partial charge on any atom is 0.320 e. The molecular formula is C23H27NO3. The van der Waals surface area contributed by atoms with Crippen LogP contribution in [0.3, 0.4) is 0 Å². The van der Waals surface area contributed by atoms with Crippen LogP contribution in [0.5, 0.6) is 5.75 Å². The van der Waals surface area contributed by atoms with Crippen LogP contribution < -0.4 is 4.74 Å². The fourth-order valence-corrected chi connectivity index (χ4v) is 4.91. The number of hydrogen-bond donors (Lipinski definition) is 1. The van der Waals surface area contributed by atoms with Gasteiger partial charge in [-0.05, 0) is 42.4 Å². The first kappa shape index (κ1) is 18.1. The highest BCUT2D eigenvalue weighted by Gasteiger charge is 2.44. The van der Waals surface area contributed by atoms with Gasteiger partial charge in [-0.2, -0.15) is 0 Å². The van der Waals surface area contributed by atoms with Crippen LogP contribution in [0, 0.1) is 5.92 Å². The van der Waals surface area contributed by atoms with Gasteiger partial charge in [-0.3, -0.25) is 9.69 Å². The van der Waals surface area contributed by atoms with Gasteiger partial charge in [0.15, 0.2) is 0 Å². The van der Waals surface area contributed by atoms with Crippen LogP contribution in [0.4, 0.5) is 0 Å². The highest BCUT2D eigenvalue weighted by molar-refractivity contribution is 5.74. The molecule has 2 fully saturated rings. The van der Waals surface area contributed by atoms with E-state index in [2.05, 4.69) is 35.2 Å². The summed E-state index contributed by atoms with van der Waals surface area (Å²) >= 11 is 0. The summed E-state index contributed by atoms with van der Waals surface area (Å²) in [5.74, 6) is 0.739. The first-order valence-corrected chi connectivity index (χ1v) is 9.88. The van der Waals surface area contributed by atoms with Crippen molar-refractivity contribution in [3.05, 3.63) is 54.1 Å². The van der Waals surface area contributed by atoms with Gasteiger partial charge in [-0.15, -0.1) is 0 Å². The van der Waals surface area contributed by atoms with Crippen molar-refractivity contribution in [3.63, 3.8) is 0 Å². The topological polar surface area (TPSA) is 49.8 Å². The average molecular weight is 365 g/mol. The monoisotopic (exact) mass is 365 g/mol. The largest absolute Gasteiger partial charge is 0.496 e. The van der Waals surface area contributed by atoms with Gasteiger partial charge in [0.2, 0.25) is 0 Å². The number of aliphatic carboxylic acids is 1. The van der Waals surface area contributed by atoms with Gasteiger partial charge in [0.1, 0.15) is 11.8 Å². The van der Waals surface area contributed by atoms with E-state index in [1.54, 1.807) is 7.11 Å². The molecule has 1 N–H and O–H groups in total. The van der Waals surface area contributed by atoms with Gasteiger partial charge in [0, 0.05) is 18.2 Å². The molecule has 0 radical (unpaired) electrons. The first-order chi connectivity index (χ1) is 13.2. The lowest BCUT2D eigenvalue weighted by molar-refractivity contribution is -0.142. The lowest BCUT2D eigenvalue weighted by atomic mass is 9.84. The molecule has 2 aromatic carbocycles. The van der Waals surface area contributed by atoms with Crippen LogP contribution in [-0.2, 0) is 11.3 Å². The Labute approximate surface area is 160 Å². The van der Waals surface area contributed by atoms with Crippen molar-refractivity contribution in [2.75, 3.05) is 7.11 Å². The Morgan fingerprint density at radius 3 is 2.59 bits per heavy atom. The molecule has 4 rings (SSSR count). The number of benzene rings is 2. The van der Waals surface area contributed by atoms with E-state index < -0.39 is 5.97 Å². The average Bonchev–Trinajstić information content (AvgIpc) is 3.07. The summed E-state index contributed by atoms with van der Waals surface area (Å²) in [5, 5.41) is 9.70. The molecule has 142 valence electrons. The Morgan fingerprint density at radius 2 is 1.85 bits per heavy atom. The maximum atomic E-state index is 11.8. The molecule has 0 aromatic heterocycles. The molecule has 0 spiro atoms. The van der Waals surface area contributed by atoms with Crippen LogP contribution in [0.15, 0.2) is 48.5 Å². The molecule has 2 aromatic rings. The minimum atomic E-state index is -0.671. The van der Waals surface area contributed by atoms with E-state index in [0.717, 1.165) is 29.7 Å². The standard InChI is InChI=1S/C23H27NO3/c1-27-22-9-5-3-7-19(22)17-12-10-16(11-13-17)15-24-20-8-4-2-6-18(20)14-21(24)23(25)26/h3,5,7,9-13,18,20-21H,2,4,6,8,14-15H2,1H3,(H,25,26). The maximum absolute atomic E-state index is 11.8. The highest BCUT2D eigenvalue weighted by Crippen LogP contribution is 2.40. The van der Waals surface area contributed by atoms with E-state index in [0.29, 0.717) is 18.5 Å². The van der Waals surface area contributed by atoms with Crippen molar-refractivity contribution in [3.8, 4) is 16.9 Å². The van der Waals surface area contributed by atoms with E-state index >= 15 is 0 Å². The van der Waals surface area contributed by atoms with Crippen molar-refractivity contribution in [1.29, 1.82) is 0 Å². The third-order valence-electron chi connectivity index (χ3n) is 6.24. The van der Waals surface area contributed by atoms with Crippen LogP contribution in [0.25, 0.3) is 11.1 Å². The van der Waals surface area contributed by atoms with Gasteiger partial charge < -0.3 is 9.84 Å². The van der Waals surface area contributed by atoms with Crippen LogP contribution >= 0.6 is 0 Å². The number of carboxylic acid groups (broad SMARTS) is 1. The zero-order chi connectivity index (χ0) is 18.8. The molecule has 4 heteroatoms. The van der Waals surface area contributed by atoms with Crippen molar-refractivity contribution in [2.45, 2.75) is 50.7 Å². The number of carboxylic acids is 1. The third-order valence-corrected chi connectivity index (χ3v) is 6.24. The lowest BCUT2D eigenvalue weighted by Crippen LogP contribution is -2.41. The Hall–Kier alpha value is -2.33. The van der Waals surface area contributed by atoms with Crippen molar-refractivity contribution in [2.24, 2.45) is 5.92 Å². The fraction of sp³-hybridized carbons (Fsp3) is 0.435. The van der Waals surface area contributed by atoms with E-state index in [1.807, 2.05) is 18.2 Å². The molecule has 1 saturated carbocycles. The first-order valence-electron chi connectivity index (χ1n) is 9.88. The van der Waals surface area contributed by atoms with E-state index in [1.165, 1.54) is 24.8 Å². The summed E-state index contributed by atoms with van der Waals surface area (Å²) in [7, 11) is 1.69. The van der Waals surface area contributed by atoms with Crippen molar-refractivity contribution < 1.29 is 14.6 Å². The third kappa shape index (κ3) is 3.59. The number of ether oxygens (including phenoxy) is 1. The van der Waals surface area contributed by atoms with Crippen molar-refractivity contribution >= 4 is 5.97 Å². The number of hydrogen-bond acceptors (Lipinski definition) is 3. The molecular weight excluding hydrogens is 338 g/mol. The highest BCUT2D eigenvalue weighted by atomic mass is 16.5. The van der Waals surface area contributed by atoms with E-state index in [9.17, 15) is 9.90 Å². The zero-order valence-electron chi connectivity index (χ0n) is 15.8. The molecule has 2 aliphatic rings. The number of para-hydroxylation sites is 1. The summed E-state index contributed by atoms with van der Waals surface area (Å²) in [6.45, 7) is 0.713. The molecule has 1 aliphatic carbocycles. The van der Waals surface area contributed by atoms with Crippen LogP contribution in [-0.4, -0.2) is 35.2 Å². The summed E-state index contributed by atoms with van der Waals surface area (Å²) < 4.78 is 5.46. The molecule has 3 unspecified atom stereocenters. The predicted molar refractivity (Wildman–Crippen MR) is 106 cm³/mol. The van der Waals surface area contributed by atoms with Crippen molar-refractivity contribution in [1.82, 2.24) is 4.90 Å². The van der Waals surface area contributed by atoms with Gasteiger partial charge >= 0.3 is 5.97 Å². The Bertz CT molecular complexity index is 802. The predicted octanol–water partition coefficient (Wildman–Crippen LogP) is 4.58. The number of methoxy groups -OCH3 is 1. The molecule has 27 heavy (non-hydrogen) atoms. The lowest BCUT2D eigenvalue weighted by Gasteiger charge is -2.33. The Balaban J connectivity index is 1.54. The SMILES string of the molecule is COc1ccccc1-c1ccc(CN2C(C(=O)O)CC3CCCCC32)cc1. The van der Waals surface area contributed by atoms with Gasteiger partial charge in [0.05, 0.1) is 7.11 Å². The minimum Gasteiger partial charge on any atom is -0.496 e. The summed E-state index contributed by atoms with van der Waals surface area (Å²) in [6.07, 6.45) is 5.58. The number of nitrogens with zero attached hydrogens (tertiary/aromatic N) is 1. The minimum absolute atomic E-state index is 0.341. The fourth-order valence-electron chi connectivity index (χ4n) is 4.91. The van der Waals surface area contributed by atoms with Gasteiger partial charge in [-0.1, -0.05) is 55.3 Å². The molecule has 0 bridgehead atoms. The zero-order valence-corrected chi connectivity index (χ0v) is 15.8.